The van der Waals surface area contributed by atoms with E-state index in [1.807, 2.05) is 6.07 Å². The molecule has 0 spiro atoms. The van der Waals surface area contributed by atoms with Gasteiger partial charge in [0, 0.05) is 5.56 Å². The summed E-state index contributed by atoms with van der Waals surface area (Å²) in [6.45, 7) is 2.27. The summed E-state index contributed by atoms with van der Waals surface area (Å²) in [6, 6.07) is 6.60. The molecule has 2 unspecified atom stereocenters. The molecule has 0 heterocycles. The van der Waals surface area contributed by atoms with Gasteiger partial charge in [0.15, 0.2) is 17.5 Å². The molecular formula is C26H30F4. The van der Waals surface area contributed by atoms with Crippen LogP contribution in [-0.4, -0.2) is 0 Å². The Bertz CT molecular complexity index is 860. The molecule has 4 rings (SSSR count). The molecule has 2 aromatic rings. The van der Waals surface area contributed by atoms with E-state index in [1.54, 1.807) is 6.07 Å². The normalized spacial score (nSPS) is 26.8. The van der Waals surface area contributed by atoms with Crippen LogP contribution < -0.4 is 0 Å². The van der Waals surface area contributed by atoms with Gasteiger partial charge in [-0.2, -0.15) is 0 Å². The van der Waals surface area contributed by atoms with Crippen molar-refractivity contribution in [2.24, 2.45) is 17.8 Å². The third-order valence-electron chi connectivity index (χ3n) is 7.48. The Hall–Kier alpha value is -1.84. The minimum absolute atomic E-state index is 0.0158. The van der Waals surface area contributed by atoms with Crippen molar-refractivity contribution in [1.29, 1.82) is 0 Å². The second-order valence-electron chi connectivity index (χ2n) is 9.33. The molecule has 162 valence electrons. The van der Waals surface area contributed by atoms with Crippen molar-refractivity contribution < 1.29 is 17.6 Å². The zero-order valence-electron chi connectivity index (χ0n) is 17.6. The second kappa shape index (κ2) is 9.11. The van der Waals surface area contributed by atoms with Gasteiger partial charge in [0.1, 0.15) is 5.82 Å². The molecule has 2 aliphatic rings. The standard InChI is InChI=1S/C26H30F4/c1-2-3-16-4-5-19(12-16)17-6-8-18(9-7-17)20-10-11-22(23(27)13-20)21-14-24(28)26(30)25(29)15-21/h10-11,13-19H,2-9,12H2,1H3. The smallest absolute Gasteiger partial charge is 0.194 e. The average Bonchev–Trinajstić information content (AvgIpc) is 3.21. The molecule has 0 saturated heterocycles. The van der Waals surface area contributed by atoms with Gasteiger partial charge < -0.3 is 0 Å². The van der Waals surface area contributed by atoms with Crippen LogP contribution in [0.4, 0.5) is 17.6 Å². The monoisotopic (exact) mass is 418 g/mol. The predicted octanol–water partition coefficient (Wildman–Crippen LogP) is 8.40. The van der Waals surface area contributed by atoms with Crippen molar-refractivity contribution >= 4 is 0 Å². The van der Waals surface area contributed by atoms with E-state index < -0.39 is 23.3 Å². The number of halogens is 4. The lowest BCUT2D eigenvalue weighted by molar-refractivity contribution is 0.229. The fourth-order valence-electron chi connectivity index (χ4n) is 5.87. The van der Waals surface area contributed by atoms with Crippen LogP contribution in [-0.2, 0) is 0 Å². The molecule has 4 heteroatoms. The fourth-order valence-corrected chi connectivity index (χ4v) is 5.87. The molecule has 0 amide bonds. The molecule has 30 heavy (non-hydrogen) atoms. The highest BCUT2D eigenvalue weighted by Crippen LogP contribution is 2.46. The summed E-state index contributed by atoms with van der Waals surface area (Å²) in [5.41, 5.74) is 1.06. The lowest BCUT2D eigenvalue weighted by Gasteiger charge is -2.32. The maximum Gasteiger partial charge on any atom is 0.194 e. The van der Waals surface area contributed by atoms with Crippen LogP contribution in [0.1, 0.15) is 76.2 Å². The molecule has 0 nitrogen and oxygen atoms in total. The van der Waals surface area contributed by atoms with Gasteiger partial charge in [-0.15, -0.1) is 0 Å². The van der Waals surface area contributed by atoms with E-state index in [1.165, 1.54) is 51.0 Å². The maximum atomic E-state index is 14.8. The zero-order valence-corrected chi connectivity index (χ0v) is 17.6. The first kappa shape index (κ1) is 21.4. The van der Waals surface area contributed by atoms with Gasteiger partial charge in [0.05, 0.1) is 0 Å². The van der Waals surface area contributed by atoms with Crippen molar-refractivity contribution in [2.75, 3.05) is 0 Å². The van der Waals surface area contributed by atoms with E-state index >= 15 is 0 Å². The van der Waals surface area contributed by atoms with Crippen molar-refractivity contribution in [2.45, 2.75) is 70.6 Å². The first-order valence-electron chi connectivity index (χ1n) is 11.4. The number of hydrogen-bond donors (Lipinski definition) is 0. The van der Waals surface area contributed by atoms with Crippen LogP contribution in [0, 0.1) is 41.0 Å². The van der Waals surface area contributed by atoms with E-state index in [4.69, 9.17) is 0 Å². The van der Waals surface area contributed by atoms with Crippen LogP contribution in [0.3, 0.4) is 0 Å². The molecule has 0 aliphatic heterocycles. The van der Waals surface area contributed by atoms with Gasteiger partial charge in [-0.05, 0) is 91.5 Å². The van der Waals surface area contributed by atoms with E-state index in [0.717, 1.165) is 48.3 Å². The highest BCUT2D eigenvalue weighted by molar-refractivity contribution is 5.65. The van der Waals surface area contributed by atoms with Gasteiger partial charge in [0.25, 0.3) is 0 Å². The number of benzene rings is 2. The minimum atomic E-state index is -1.53. The summed E-state index contributed by atoms with van der Waals surface area (Å²) in [7, 11) is 0. The van der Waals surface area contributed by atoms with Crippen molar-refractivity contribution in [1.82, 2.24) is 0 Å². The van der Waals surface area contributed by atoms with Crippen molar-refractivity contribution in [3.05, 3.63) is 59.2 Å². The summed E-state index contributed by atoms with van der Waals surface area (Å²) < 4.78 is 55.0. The molecule has 2 fully saturated rings. The van der Waals surface area contributed by atoms with Gasteiger partial charge in [-0.1, -0.05) is 38.3 Å². The minimum Gasteiger partial charge on any atom is -0.206 e. The highest BCUT2D eigenvalue weighted by Gasteiger charge is 2.33. The Balaban J connectivity index is 1.41. The quantitative estimate of drug-likeness (QED) is 0.338. The SMILES string of the molecule is CCCC1CCC(C2CCC(c3ccc(-c4cc(F)c(F)c(F)c4)c(F)c3)CC2)C1. The molecule has 0 radical (unpaired) electrons. The fraction of sp³-hybridized carbons (Fsp3) is 0.538. The second-order valence-corrected chi connectivity index (χ2v) is 9.33. The molecule has 0 aromatic heterocycles. The van der Waals surface area contributed by atoms with Gasteiger partial charge in [0.2, 0.25) is 0 Å². The van der Waals surface area contributed by atoms with E-state index in [0.29, 0.717) is 5.92 Å². The average molecular weight is 419 g/mol. The molecule has 2 saturated carbocycles. The lowest BCUT2D eigenvalue weighted by Crippen LogP contribution is -2.19. The maximum absolute atomic E-state index is 14.8. The molecule has 2 aromatic carbocycles. The van der Waals surface area contributed by atoms with Gasteiger partial charge in [-0.3, -0.25) is 0 Å². The van der Waals surface area contributed by atoms with Crippen LogP contribution >= 0.6 is 0 Å². The van der Waals surface area contributed by atoms with Crippen LogP contribution in [0.5, 0.6) is 0 Å². The first-order valence-corrected chi connectivity index (χ1v) is 11.4. The van der Waals surface area contributed by atoms with Crippen LogP contribution in [0.25, 0.3) is 11.1 Å². The number of hydrogen-bond acceptors (Lipinski definition) is 0. The van der Waals surface area contributed by atoms with Crippen molar-refractivity contribution in [3.8, 4) is 11.1 Å². The Morgan fingerprint density at radius 1 is 0.767 bits per heavy atom. The lowest BCUT2D eigenvalue weighted by atomic mass is 9.73. The highest BCUT2D eigenvalue weighted by atomic mass is 19.2. The molecule has 0 N–H and O–H groups in total. The van der Waals surface area contributed by atoms with Crippen LogP contribution in [0.15, 0.2) is 30.3 Å². The summed E-state index contributed by atoms with van der Waals surface area (Å²) in [5.74, 6) is -1.74. The van der Waals surface area contributed by atoms with Crippen LogP contribution in [0.2, 0.25) is 0 Å². The van der Waals surface area contributed by atoms with Gasteiger partial charge >= 0.3 is 0 Å². The summed E-state index contributed by atoms with van der Waals surface area (Å²) >= 11 is 0. The summed E-state index contributed by atoms with van der Waals surface area (Å²) in [5, 5.41) is 0. The number of rotatable bonds is 5. The van der Waals surface area contributed by atoms with E-state index in [9.17, 15) is 17.6 Å². The Labute approximate surface area is 176 Å². The molecule has 2 atom stereocenters. The van der Waals surface area contributed by atoms with E-state index in [-0.39, 0.29) is 11.1 Å². The largest absolute Gasteiger partial charge is 0.206 e. The third kappa shape index (κ3) is 4.43. The Morgan fingerprint density at radius 2 is 1.43 bits per heavy atom. The zero-order chi connectivity index (χ0) is 21.3. The summed E-state index contributed by atoms with van der Waals surface area (Å²) in [4.78, 5) is 0. The van der Waals surface area contributed by atoms with E-state index in [2.05, 4.69) is 6.92 Å². The van der Waals surface area contributed by atoms with Gasteiger partial charge in [-0.25, -0.2) is 17.6 Å². The Kier molecular flexibility index (Phi) is 6.50. The molecule has 0 bridgehead atoms. The third-order valence-corrected chi connectivity index (χ3v) is 7.48. The molecular weight excluding hydrogens is 388 g/mol. The topological polar surface area (TPSA) is 0 Å². The molecule has 2 aliphatic carbocycles. The Morgan fingerprint density at radius 3 is 2.07 bits per heavy atom. The van der Waals surface area contributed by atoms with Crippen molar-refractivity contribution in [3.63, 3.8) is 0 Å². The first-order chi connectivity index (χ1) is 14.5. The summed E-state index contributed by atoms with van der Waals surface area (Å²) in [6.07, 6.45) is 11.3. The predicted molar refractivity (Wildman–Crippen MR) is 112 cm³/mol.